The Kier molecular flexibility index (Phi) is 7.03. The quantitative estimate of drug-likeness (QED) is 0.457. The summed E-state index contributed by atoms with van der Waals surface area (Å²) in [5.41, 5.74) is 1.43. The summed E-state index contributed by atoms with van der Waals surface area (Å²) in [5, 5.41) is 9.63. The fourth-order valence-corrected chi connectivity index (χ4v) is 4.16. The van der Waals surface area contributed by atoms with Gasteiger partial charge in [-0.15, -0.1) is 0 Å². The number of benzene rings is 2. The Balaban J connectivity index is 1.64. The second-order valence-corrected chi connectivity index (χ2v) is 8.33. The van der Waals surface area contributed by atoms with E-state index in [0.717, 1.165) is 5.69 Å². The normalized spacial score (nSPS) is 16.8. The molecule has 1 N–H and O–H groups in total. The second-order valence-electron chi connectivity index (χ2n) is 7.32. The summed E-state index contributed by atoms with van der Waals surface area (Å²) in [6.45, 7) is 1.69. The van der Waals surface area contributed by atoms with Crippen LogP contribution in [0.3, 0.4) is 0 Å². The number of para-hydroxylation sites is 1. The van der Waals surface area contributed by atoms with Gasteiger partial charge in [0.05, 0.1) is 30.5 Å². The molecule has 1 saturated heterocycles. The molecule has 0 unspecified atom stereocenters. The molecule has 174 valence electrons. The number of hydrogen-bond acceptors (Lipinski definition) is 7. The van der Waals surface area contributed by atoms with Gasteiger partial charge < -0.3 is 19.0 Å². The topological polar surface area (TPSA) is 102 Å². The van der Waals surface area contributed by atoms with E-state index in [1.54, 1.807) is 41.5 Å². The lowest BCUT2D eigenvalue weighted by Crippen LogP contribution is -2.28. The lowest BCUT2D eigenvalue weighted by molar-refractivity contribution is -0.144. The van der Waals surface area contributed by atoms with Crippen molar-refractivity contribution in [2.75, 3.05) is 7.11 Å². The number of amidine groups is 1. The molecule has 1 aliphatic rings. The minimum atomic E-state index is -1.08. The highest BCUT2D eigenvalue weighted by Crippen LogP contribution is 2.37. The Morgan fingerprint density at radius 3 is 2.65 bits per heavy atom. The van der Waals surface area contributed by atoms with Crippen LogP contribution in [0.5, 0.6) is 11.5 Å². The standard InChI is InChI=1S/C25H22N2O6S/c1-16(24(29)30)33-20-11-10-17(13-21(20)31-2)14-22-23(28)27(15-19-9-6-12-32-19)25(34-22)26-18-7-4-3-5-8-18/h3-14,16H,15H2,1-2H3,(H,29,30)/b22-14-,26-25?/t16-/m1/s1. The number of furan rings is 1. The van der Waals surface area contributed by atoms with E-state index in [4.69, 9.17) is 19.0 Å². The van der Waals surface area contributed by atoms with Crippen molar-refractivity contribution in [1.82, 2.24) is 4.90 Å². The minimum Gasteiger partial charge on any atom is -0.493 e. The van der Waals surface area contributed by atoms with E-state index < -0.39 is 12.1 Å². The lowest BCUT2D eigenvalue weighted by Gasteiger charge is -2.14. The van der Waals surface area contributed by atoms with Crippen LogP contribution in [0.1, 0.15) is 18.2 Å². The third-order valence-corrected chi connectivity index (χ3v) is 5.91. The van der Waals surface area contributed by atoms with E-state index in [-0.39, 0.29) is 12.5 Å². The van der Waals surface area contributed by atoms with Gasteiger partial charge in [0.2, 0.25) is 0 Å². The minimum absolute atomic E-state index is 0.199. The van der Waals surface area contributed by atoms with Crippen LogP contribution < -0.4 is 9.47 Å². The number of carboxylic acid groups (broad SMARTS) is 1. The van der Waals surface area contributed by atoms with Gasteiger partial charge >= 0.3 is 5.97 Å². The molecule has 8 nitrogen and oxygen atoms in total. The zero-order chi connectivity index (χ0) is 24.1. The van der Waals surface area contributed by atoms with E-state index in [2.05, 4.69) is 4.99 Å². The van der Waals surface area contributed by atoms with E-state index >= 15 is 0 Å². The average Bonchev–Trinajstić information content (AvgIpc) is 3.45. The highest BCUT2D eigenvalue weighted by Gasteiger charge is 2.34. The van der Waals surface area contributed by atoms with E-state index in [1.165, 1.54) is 25.8 Å². The predicted octanol–water partition coefficient (Wildman–Crippen LogP) is 4.94. The summed E-state index contributed by atoms with van der Waals surface area (Å²) in [4.78, 5) is 31.1. The van der Waals surface area contributed by atoms with Crippen LogP contribution in [0.2, 0.25) is 0 Å². The Labute approximate surface area is 200 Å². The van der Waals surface area contributed by atoms with Gasteiger partial charge in [0.15, 0.2) is 22.8 Å². The van der Waals surface area contributed by atoms with Crippen molar-refractivity contribution in [1.29, 1.82) is 0 Å². The molecule has 34 heavy (non-hydrogen) atoms. The average molecular weight is 479 g/mol. The molecule has 1 amide bonds. The van der Waals surface area contributed by atoms with Crippen LogP contribution >= 0.6 is 11.8 Å². The van der Waals surface area contributed by atoms with Crippen LogP contribution in [0.25, 0.3) is 6.08 Å². The fraction of sp³-hybridized carbons (Fsp3) is 0.160. The number of ether oxygens (including phenoxy) is 2. The van der Waals surface area contributed by atoms with Crippen molar-refractivity contribution in [3.8, 4) is 11.5 Å². The van der Waals surface area contributed by atoms with Gasteiger partial charge in [0, 0.05) is 0 Å². The molecule has 2 heterocycles. The van der Waals surface area contributed by atoms with E-state index in [9.17, 15) is 9.59 Å². The molecule has 0 aliphatic carbocycles. The molecule has 4 rings (SSSR count). The molecule has 1 aliphatic heterocycles. The summed E-state index contributed by atoms with van der Waals surface area (Å²) < 4.78 is 16.2. The van der Waals surface area contributed by atoms with Crippen LogP contribution in [0.15, 0.2) is 81.2 Å². The molecular weight excluding hydrogens is 456 g/mol. The fourth-order valence-electron chi connectivity index (χ4n) is 3.17. The maximum Gasteiger partial charge on any atom is 0.344 e. The van der Waals surface area contributed by atoms with Gasteiger partial charge in [0.1, 0.15) is 5.76 Å². The van der Waals surface area contributed by atoms with Gasteiger partial charge in [-0.2, -0.15) is 0 Å². The van der Waals surface area contributed by atoms with Crippen molar-refractivity contribution in [3.05, 3.63) is 83.2 Å². The van der Waals surface area contributed by atoms with Crippen LogP contribution in [-0.4, -0.2) is 40.3 Å². The maximum absolute atomic E-state index is 13.3. The Bertz CT molecular complexity index is 1240. The molecule has 0 bridgehead atoms. The van der Waals surface area contributed by atoms with Gasteiger partial charge in [-0.3, -0.25) is 9.69 Å². The molecule has 0 spiro atoms. The summed E-state index contributed by atoms with van der Waals surface area (Å²) in [5.74, 6) is 0.0314. The maximum atomic E-state index is 13.3. The SMILES string of the molecule is COc1cc(/C=C2\SC(=Nc3ccccc3)N(Cc3ccco3)C2=O)ccc1O[C@H](C)C(=O)O. The van der Waals surface area contributed by atoms with Gasteiger partial charge in [-0.05, 0) is 66.7 Å². The zero-order valence-corrected chi connectivity index (χ0v) is 19.3. The molecule has 1 fully saturated rings. The Hall–Kier alpha value is -3.98. The van der Waals surface area contributed by atoms with E-state index in [1.807, 2.05) is 36.4 Å². The monoisotopic (exact) mass is 478 g/mol. The summed E-state index contributed by atoms with van der Waals surface area (Å²) in [6, 6.07) is 18.0. The summed E-state index contributed by atoms with van der Waals surface area (Å²) >= 11 is 1.27. The summed E-state index contributed by atoms with van der Waals surface area (Å²) in [6.07, 6.45) is 2.27. The molecule has 9 heteroatoms. The Morgan fingerprint density at radius 2 is 1.97 bits per heavy atom. The van der Waals surface area contributed by atoms with Crippen LogP contribution in [0, 0.1) is 0 Å². The highest BCUT2D eigenvalue weighted by molar-refractivity contribution is 8.18. The van der Waals surface area contributed by atoms with Crippen molar-refractivity contribution in [3.63, 3.8) is 0 Å². The van der Waals surface area contributed by atoms with Gasteiger partial charge in [-0.1, -0.05) is 24.3 Å². The largest absolute Gasteiger partial charge is 0.493 e. The highest BCUT2D eigenvalue weighted by atomic mass is 32.2. The van der Waals surface area contributed by atoms with Crippen molar-refractivity contribution >= 4 is 40.6 Å². The number of thioether (sulfide) groups is 1. The molecule has 0 saturated carbocycles. The Morgan fingerprint density at radius 1 is 1.18 bits per heavy atom. The first-order valence-electron chi connectivity index (χ1n) is 10.4. The molecule has 1 atom stereocenters. The first-order chi connectivity index (χ1) is 16.4. The van der Waals surface area contributed by atoms with E-state index in [0.29, 0.717) is 32.9 Å². The number of amides is 1. The molecular formula is C25H22N2O6S. The molecule has 3 aromatic rings. The van der Waals surface area contributed by atoms with Crippen molar-refractivity contribution < 1.29 is 28.6 Å². The zero-order valence-electron chi connectivity index (χ0n) is 18.5. The number of hydrogen-bond donors (Lipinski definition) is 1. The number of aliphatic carboxylic acids is 1. The first kappa shape index (κ1) is 23.2. The van der Waals surface area contributed by atoms with Crippen molar-refractivity contribution in [2.45, 2.75) is 19.6 Å². The van der Waals surface area contributed by atoms with Crippen LogP contribution in [-0.2, 0) is 16.1 Å². The molecule has 0 radical (unpaired) electrons. The lowest BCUT2D eigenvalue weighted by atomic mass is 10.1. The number of carboxylic acids is 1. The van der Waals surface area contributed by atoms with Gasteiger partial charge in [0.25, 0.3) is 5.91 Å². The number of nitrogens with zero attached hydrogens (tertiary/aromatic N) is 2. The number of rotatable bonds is 8. The van der Waals surface area contributed by atoms with Gasteiger partial charge in [-0.25, -0.2) is 9.79 Å². The number of carbonyl (C=O) groups is 2. The molecule has 2 aromatic carbocycles. The smallest absolute Gasteiger partial charge is 0.344 e. The predicted molar refractivity (Wildman–Crippen MR) is 129 cm³/mol. The second kappa shape index (κ2) is 10.3. The number of aliphatic imine (C=N–C) groups is 1. The third kappa shape index (κ3) is 5.32. The van der Waals surface area contributed by atoms with Crippen molar-refractivity contribution in [2.24, 2.45) is 4.99 Å². The van der Waals surface area contributed by atoms with Crippen LogP contribution in [0.4, 0.5) is 5.69 Å². The number of methoxy groups -OCH3 is 1. The molecule has 1 aromatic heterocycles. The summed E-state index contributed by atoms with van der Waals surface area (Å²) in [7, 11) is 1.47. The number of carbonyl (C=O) groups excluding carboxylic acids is 1. The third-order valence-electron chi connectivity index (χ3n) is 4.90. The first-order valence-corrected chi connectivity index (χ1v) is 11.2.